The third kappa shape index (κ3) is 2.52. The van der Waals surface area contributed by atoms with Gasteiger partial charge in [-0.25, -0.2) is 0 Å². The molecule has 0 amide bonds. The lowest BCUT2D eigenvalue weighted by molar-refractivity contribution is 0.342. The summed E-state index contributed by atoms with van der Waals surface area (Å²) >= 11 is 0. The van der Waals surface area contributed by atoms with E-state index in [1.807, 2.05) is 0 Å². The Labute approximate surface area is 78.5 Å². The van der Waals surface area contributed by atoms with Gasteiger partial charge in [0, 0.05) is 12.3 Å². The van der Waals surface area contributed by atoms with Crippen molar-refractivity contribution in [2.75, 3.05) is 6.54 Å². The highest BCUT2D eigenvalue weighted by atomic mass is 16.5. The molecule has 74 valence electrons. The van der Waals surface area contributed by atoms with Crippen LogP contribution in [0.25, 0.3) is 0 Å². The predicted octanol–water partition coefficient (Wildman–Crippen LogP) is 1.47. The molecule has 1 aromatic heterocycles. The van der Waals surface area contributed by atoms with Gasteiger partial charge in [-0.05, 0) is 19.4 Å². The molecule has 0 aliphatic rings. The van der Waals surface area contributed by atoms with E-state index in [0.717, 1.165) is 24.6 Å². The Balaban J connectivity index is 2.66. The molecule has 2 N–H and O–H groups in total. The summed E-state index contributed by atoms with van der Waals surface area (Å²) in [4.78, 5) is 4.28. The number of nitrogens with two attached hydrogens (primary N) is 1. The van der Waals surface area contributed by atoms with E-state index in [1.54, 1.807) is 0 Å². The smallest absolute Gasteiger partial charge is 0.229 e. The van der Waals surface area contributed by atoms with Gasteiger partial charge in [-0.1, -0.05) is 19.0 Å². The maximum atomic E-state index is 5.39. The normalized spacial score (nSPS) is 11.1. The zero-order chi connectivity index (χ0) is 9.68. The first-order valence-corrected chi connectivity index (χ1v) is 4.84. The Bertz CT molecular complexity index is 243. The third-order valence-corrected chi connectivity index (χ3v) is 2.19. The van der Waals surface area contributed by atoms with Gasteiger partial charge < -0.3 is 10.3 Å². The van der Waals surface area contributed by atoms with Crippen LogP contribution < -0.4 is 5.73 Å². The van der Waals surface area contributed by atoms with Crippen LogP contribution in [0.4, 0.5) is 0 Å². The van der Waals surface area contributed by atoms with Crippen LogP contribution in [0.2, 0.25) is 0 Å². The van der Waals surface area contributed by atoms with Gasteiger partial charge in [0.25, 0.3) is 0 Å². The number of hydrogen-bond acceptors (Lipinski definition) is 4. The van der Waals surface area contributed by atoms with Gasteiger partial charge in [0.05, 0.1) is 0 Å². The first-order valence-electron chi connectivity index (χ1n) is 4.84. The molecule has 0 saturated heterocycles. The fraction of sp³-hybridized carbons (Fsp3) is 0.778. The SMILES string of the molecule is CCC(CC)c1nc(CCN)no1. The van der Waals surface area contributed by atoms with E-state index < -0.39 is 0 Å². The summed E-state index contributed by atoms with van der Waals surface area (Å²) in [7, 11) is 0. The largest absolute Gasteiger partial charge is 0.339 e. The number of aromatic nitrogens is 2. The highest BCUT2D eigenvalue weighted by Crippen LogP contribution is 2.20. The van der Waals surface area contributed by atoms with Crippen molar-refractivity contribution < 1.29 is 4.52 Å². The number of nitrogens with zero attached hydrogens (tertiary/aromatic N) is 2. The molecule has 1 heterocycles. The Morgan fingerprint density at radius 3 is 2.62 bits per heavy atom. The van der Waals surface area contributed by atoms with Crippen molar-refractivity contribution in [2.45, 2.75) is 39.0 Å². The fourth-order valence-corrected chi connectivity index (χ4v) is 1.30. The quantitative estimate of drug-likeness (QED) is 0.750. The minimum atomic E-state index is 0.402. The van der Waals surface area contributed by atoms with Crippen LogP contribution in [0.15, 0.2) is 4.52 Å². The molecule has 0 fully saturated rings. The molecule has 0 aromatic carbocycles. The van der Waals surface area contributed by atoms with Gasteiger partial charge in [0.2, 0.25) is 5.89 Å². The fourth-order valence-electron chi connectivity index (χ4n) is 1.30. The van der Waals surface area contributed by atoms with E-state index in [0.29, 0.717) is 18.9 Å². The van der Waals surface area contributed by atoms with Gasteiger partial charge in [-0.3, -0.25) is 0 Å². The van der Waals surface area contributed by atoms with Crippen molar-refractivity contribution in [3.63, 3.8) is 0 Å². The summed E-state index contributed by atoms with van der Waals surface area (Å²) in [6, 6.07) is 0. The summed E-state index contributed by atoms with van der Waals surface area (Å²) < 4.78 is 5.14. The van der Waals surface area contributed by atoms with Crippen molar-refractivity contribution in [2.24, 2.45) is 5.73 Å². The Morgan fingerprint density at radius 1 is 1.38 bits per heavy atom. The molecule has 0 atom stereocenters. The lowest BCUT2D eigenvalue weighted by Crippen LogP contribution is -2.04. The van der Waals surface area contributed by atoms with Crippen LogP contribution in [0.5, 0.6) is 0 Å². The molecule has 4 nitrogen and oxygen atoms in total. The molecular formula is C9H17N3O. The summed E-state index contributed by atoms with van der Waals surface area (Å²) in [5, 5.41) is 3.86. The minimum absolute atomic E-state index is 0.402. The standard InChI is InChI=1S/C9H17N3O/c1-3-7(4-2)9-11-8(5-6-10)12-13-9/h7H,3-6,10H2,1-2H3. The van der Waals surface area contributed by atoms with E-state index in [1.165, 1.54) is 0 Å². The molecule has 4 heteroatoms. The zero-order valence-corrected chi connectivity index (χ0v) is 8.29. The van der Waals surface area contributed by atoms with E-state index in [2.05, 4.69) is 24.0 Å². The van der Waals surface area contributed by atoms with Gasteiger partial charge in [0.1, 0.15) is 0 Å². The molecule has 0 radical (unpaired) electrons. The summed E-state index contributed by atoms with van der Waals surface area (Å²) in [6.07, 6.45) is 2.78. The van der Waals surface area contributed by atoms with Crippen LogP contribution in [-0.2, 0) is 6.42 Å². The highest BCUT2D eigenvalue weighted by molar-refractivity contribution is 4.93. The second-order valence-corrected chi connectivity index (χ2v) is 3.10. The summed E-state index contributed by atoms with van der Waals surface area (Å²) in [6.45, 7) is 4.82. The molecular weight excluding hydrogens is 166 g/mol. The molecule has 0 saturated carbocycles. The van der Waals surface area contributed by atoms with Gasteiger partial charge in [-0.2, -0.15) is 4.98 Å². The Hall–Kier alpha value is -0.900. The zero-order valence-electron chi connectivity index (χ0n) is 8.29. The van der Waals surface area contributed by atoms with Crippen molar-refractivity contribution in [1.29, 1.82) is 0 Å². The van der Waals surface area contributed by atoms with E-state index >= 15 is 0 Å². The second-order valence-electron chi connectivity index (χ2n) is 3.10. The number of hydrogen-bond donors (Lipinski definition) is 1. The lowest BCUT2D eigenvalue weighted by Gasteiger charge is -2.03. The molecule has 0 aliphatic carbocycles. The molecule has 1 aromatic rings. The van der Waals surface area contributed by atoms with Crippen LogP contribution in [0.1, 0.15) is 44.3 Å². The maximum Gasteiger partial charge on any atom is 0.229 e. The molecule has 0 aliphatic heterocycles. The van der Waals surface area contributed by atoms with Gasteiger partial charge >= 0.3 is 0 Å². The molecule has 0 unspecified atom stereocenters. The van der Waals surface area contributed by atoms with E-state index in [9.17, 15) is 0 Å². The first-order chi connectivity index (χ1) is 6.31. The highest BCUT2D eigenvalue weighted by Gasteiger charge is 2.14. The summed E-state index contributed by atoms with van der Waals surface area (Å²) in [5.41, 5.74) is 5.39. The average molecular weight is 183 g/mol. The topological polar surface area (TPSA) is 64.9 Å². The summed E-state index contributed by atoms with van der Waals surface area (Å²) in [5.74, 6) is 1.89. The van der Waals surface area contributed by atoms with Crippen LogP contribution in [0, 0.1) is 0 Å². The molecule has 13 heavy (non-hydrogen) atoms. The molecule has 0 bridgehead atoms. The van der Waals surface area contributed by atoms with Crippen molar-refractivity contribution in [3.8, 4) is 0 Å². The van der Waals surface area contributed by atoms with Gasteiger partial charge in [-0.15, -0.1) is 0 Å². The third-order valence-electron chi connectivity index (χ3n) is 2.19. The van der Waals surface area contributed by atoms with Crippen molar-refractivity contribution in [3.05, 3.63) is 11.7 Å². The second kappa shape index (κ2) is 4.97. The number of rotatable bonds is 5. The molecule has 0 spiro atoms. The van der Waals surface area contributed by atoms with Crippen molar-refractivity contribution >= 4 is 0 Å². The first kappa shape index (κ1) is 10.2. The predicted molar refractivity (Wildman–Crippen MR) is 50.4 cm³/mol. The van der Waals surface area contributed by atoms with E-state index in [-0.39, 0.29) is 0 Å². The maximum absolute atomic E-state index is 5.39. The van der Waals surface area contributed by atoms with Gasteiger partial charge in [0.15, 0.2) is 5.82 Å². The monoisotopic (exact) mass is 183 g/mol. The van der Waals surface area contributed by atoms with Crippen molar-refractivity contribution in [1.82, 2.24) is 10.1 Å². The van der Waals surface area contributed by atoms with Crippen LogP contribution >= 0.6 is 0 Å². The Kier molecular flexibility index (Phi) is 3.89. The molecule has 1 rings (SSSR count). The van der Waals surface area contributed by atoms with Crippen LogP contribution in [0.3, 0.4) is 0 Å². The minimum Gasteiger partial charge on any atom is -0.339 e. The van der Waals surface area contributed by atoms with E-state index in [4.69, 9.17) is 10.3 Å². The Morgan fingerprint density at radius 2 is 2.08 bits per heavy atom. The lowest BCUT2D eigenvalue weighted by atomic mass is 10.0. The van der Waals surface area contributed by atoms with Crippen LogP contribution in [-0.4, -0.2) is 16.7 Å². The average Bonchev–Trinajstić information content (AvgIpc) is 2.56.